The van der Waals surface area contributed by atoms with Crippen molar-refractivity contribution in [1.29, 1.82) is 0 Å². The van der Waals surface area contributed by atoms with Crippen LogP contribution in [0.25, 0.3) is 0 Å². The zero-order valence-electron chi connectivity index (χ0n) is 14.4. The maximum absolute atomic E-state index is 12.8. The van der Waals surface area contributed by atoms with Gasteiger partial charge in [-0.15, -0.1) is 0 Å². The van der Waals surface area contributed by atoms with E-state index in [0.717, 1.165) is 25.7 Å². The van der Waals surface area contributed by atoms with Crippen molar-refractivity contribution < 1.29 is 14.3 Å². The molecule has 0 spiro atoms. The van der Waals surface area contributed by atoms with Crippen molar-refractivity contribution in [3.05, 3.63) is 0 Å². The van der Waals surface area contributed by atoms with Gasteiger partial charge in [-0.25, -0.2) is 0 Å². The van der Waals surface area contributed by atoms with Gasteiger partial charge >= 0.3 is 5.97 Å². The molecule has 2 rings (SSSR count). The molecule has 22 heavy (non-hydrogen) atoms. The van der Waals surface area contributed by atoms with Gasteiger partial charge in [-0.1, -0.05) is 40.5 Å². The van der Waals surface area contributed by atoms with E-state index in [2.05, 4.69) is 20.8 Å². The van der Waals surface area contributed by atoms with Crippen LogP contribution in [0.5, 0.6) is 0 Å². The molecule has 4 heteroatoms. The van der Waals surface area contributed by atoms with Crippen molar-refractivity contribution in [2.45, 2.75) is 71.8 Å². The fraction of sp³-hybridized carbons (Fsp3) is 0.889. The Morgan fingerprint density at radius 3 is 2.27 bits per heavy atom. The Balaban J connectivity index is 2.16. The summed E-state index contributed by atoms with van der Waals surface area (Å²) in [7, 11) is 0. The second-order valence-electron chi connectivity index (χ2n) is 7.96. The molecule has 126 valence electrons. The van der Waals surface area contributed by atoms with Crippen molar-refractivity contribution in [1.82, 2.24) is 0 Å². The first-order chi connectivity index (χ1) is 10.3. The highest BCUT2D eigenvalue weighted by Crippen LogP contribution is 2.42. The first kappa shape index (κ1) is 17.3. The molecule has 1 amide bonds. The van der Waals surface area contributed by atoms with Gasteiger partial charge < -0.3 is 10.5 Å². The van der Waals surface area contributed by atoms with E-state index in [-0.39, 0.29) is 17.8 Å². The highest BCUT2D eigenvalue weighted by atomic mass is 16.6. The van der Waals surface area contributed by atoms with E-state index in [4.69, 9.17) is 10.5 Å². The van der Waals surface area contributed by atoms with E-state index in [1.807, 2.05) is 6.92 Å². The summed E-state index contributed by atoms with van der Waals surface area (Å²) in [5, 5.41) is 0. The molecule has 0 aliphatic heterocycles. The second-order valence-corrected chi connectivity index (χ2v) is 7.96. The zero-order chi connectivity index (χ0) is 16.5. The number of amides is 1. The smallest absolute Gasteiger partial charge is 0.310 e. The van der Waals surface area contributed by atoms with E-state index in [0.29, 0.717) is 24.2 Å². The minimum atomic E-state index is -1.10. The van der Waals surface area contributed by atoms with Crippen molar-refractivity contribution >= 4 is 11.9 Å². The fourth-order valence-corrected chi connectivity index (χ4v) is 4.24. The van der Waals surface area contributed by atoms with Gasteiger partial charge in [-0.3, -0.25) is 9.59 Å². The molecule has 2 saturated carbocycles. The van der Waals surface area contributed by atoms with Crippen LogP contribution in [0.1, 0.15) is 66.2 Å². The van der Waals surface area contributed by atoms with Crippen molar-refractivity contribution in [3.63, 3.8) is 0 Å². The molecule has 0 bridgehead atoms. The standard InChI is InChI=1S/C18H31NO3/c1-11-5-7-13(3)15(9-11)16(20)22-18(17(19)21)10-12(2)6-8-14(18)4/h11-15H,5-10H2,1-4H3,(H2,19,21). The van der Waals surface area contributed by atoms with Gasteiger partial charge in [0.1, 0.15) is 0 Å². The number of carbonyl (C=O) groups is 2. The lowest BCUT2D eigenvalue weighted by atomic mass is 9.71. The number of rotatable bonds is 3. The average molecular weight is 309 g/mol. The minimum absolute atomic E-state index is 0.00136. The van der Waals surface area contributed by atoms with Gasteiger partial charge in [0.25, 0.3) is 5.91 Å². The first-order valence-corrected chi connectivity index (χ1v) is 8.79. The second kappa shape index (κ2) is 6.59. The summed E-state index contributed by atoms with van der Waals surface area (Å²) in [6.07, 6.45) is 5.58. The van der Waals surface area contributed by atoms with Crippen LogP contribution in [0.3, 0.4) is 0 Å². The SMILES string of the molecule is CC1CCC(C)C(C(=O)OC2(C(N)=O)CC(C)CCC2C)C1. The summed E-state index contributed by atoms with van der Waals surface area (Å²) >= 11 is 0. The van der Waals surface area contributed by atoms with Crippen LogP contribution in [0.15, 0.2) is 0 Å². The summed E-state index contributed by atoms with van der Waals surface area (Å²) in [6.45, 7) is 8.38. The fourth-order valence-electron chi connectivity index (χ4n) is 4.24. The molecule has 2 aliphatic carbocycles. The molecule has 0 aromatic heterocycles. The van der Waals surface area contributed by atoms with E-state index in [9.17, 15) is 9.59 Å². The maximum atomic E-state index is 12.8. The Kier molecular flexibility index (Phi) is 5.18. The third-order valence-corrected chi connectivity index (χ3v) is 6.00. The molecule has 0 heterocycles. The Hall–Kier alpha value is -1.06. The normalized spacial score (nSPS) is 42.6. The molecule has 0 radical (unpaired) electrons. The summed E-state index contributed by atoms with van der Waals surface area (Å²) in [5.41, 5.74) is 4.58. The van der Waals surface area contributed by atoms with Crippen molar-refractivity contribution in [3.8, 4) is 0 Å². The van der Waals surface area contributed by atoms with Gasteiger partial charge in [0, 0.05) is 5.92 Å². The van der Waals surface area contributed by atoms with E-state index in [1.165, 1.54) is 6.42 Å². The van der Waals surface area contributed by atoms with Gasteiger partial charge in [0.2, 0.25) is 0 Å². The summed E-state index contributed by atoms with van der Waals surface area (Å²) in [6, 6.07) is 0. The van der Waals surface area contributed by atoms with Gasteiger partial charge in [-0.05, 0) is 43.4 Å². The number of ether oxygens (including phenoxy) is 1. The molecule has 2 N–H and O–H groups in total. The molecule has 6 atom stereocenters. The molecular weight excluding hydrogens is 278 g/mol. The van der Waals surface area contributed by atoms with E-state index in [1.54, 1.807) is 0 Å². The van der Waals surface area contributed by atoms with Gasteiger partial charge in [0.15, 0.2) is 5.60 Å². The van der Waals surface area contributed by atoms with Crippen LogP contribution < -0.4 is 5.73 Å². The quantitative estimate of drug-likeness (QED) is 0.813. The number of hydrogen-bond acceptors (Lipinski definition) is 3. The van der Waals surface area contributed by atoms with E-state index >= 15 is 0 Å². The van der Waals surface area contributed by atoms with Crippen LogP contribution >= 0.6 is 0 Å². The molecule has 6 unspecified atom stereocenters. The molecule has 2 fully saturated rings. The minimum Gasteiger partial charge on any atom is -0.448 e. The molecule has 2 aliphatic rings. The Morgan fingerprint density at radius 1 is 1.00 bits per heavy atom. The van der Waals surface area contributed by atoms with Crippen LogP contribution in [-0.4, -0.2) is 17.5 Å². The summed E-state index contributed by atoms with van der Waals surface area (Å²) < 4.78 is 5.87. The van der Waals surface area contributed by atoms with Crippen LogP contribution in [0.4, 0.5) is 0 Å². The number of nitrogens with two attached hydrogens (primary N) is 1. The zero-order valence-corrected chi connectivity index (χ0v) is 14.4. The molecule has 0 saturated heterocycles. The monoisotopic (exact) mass is 309 g/mol. The number of hydrogen-bond donors (Lipinski definition) is 1. The number of primary amides is 1. The lowest BCUT2D eigenvalue weighted by Gasteiger charge is -2.43. The molecule has 0 aromatic carbocycles. The molecular formula is C18H31NO3. The summed E-state index contributed by atoms with van der Waals surface area (Å²) in [4.78, 5) is 24.9. The highest BCUT2D eigenvalue weighted by molar-refractivity contribution is 5.87. The Morgan fingerprint density at radius 2 is 1.64 bits per heavy atom. The van der Waals surface area contributed by atoms with E-state index < -0.39 is 11.5 Å². The third kappa shape index (κ3) is 3.31. The van der Waals surface area contributed by atoms with Crippen LogP contribution in [0, 0.1) is 29.6 Å². The highest BCUT2D eigenvalue weighted by Gasteiger charge is 2.50. The Labute approximate surface area is 134 Å². The summed E-state index contributed by atoms with van der Waals surface area (Å²) in [5.74, 6) is 0.450. The number of esters is 1. The van der Waals surface area contributed by atoms with Crippen molar-refractivity contribution in [2.24, 2.45) is 35.3 Å². The van der Waals surface area contributed by atoms with Crippen LogP contribution in [-0.2, 0) is 14.3 Å². The largest absolute Gasteiger partial charge is 0.448 e. The van der Waals surface area contributed by atoms with Gasteiger partial charge in [0.05, 0.1) is 5.92 Å². The lowest BCUT2D eigenvalue weighted by molar-refractivity contribution is -0.185. The predicted molar refractivity (Wildman–Crippen MR) is 85.9 cm³/mol. The molecule has 0 aromatic rings. The third-order valence-electron chi connectivity index (χ3n) is 6.00. The van der Waals surface area contributed by atoms with Crippen LogP contribution in [0.2, 0.25) is 0 Å². The average Bonchev–Trinajstić information content (AvgIpc) is 2.45. The Bertz CT molecular complexity index is 436. The van der Waals surface area contributed by atoms with Gasteiger partial charge in [-0.2, -0.15) is 0 Å². The lowest BCUT2D eigenvalue weighted by Crippen LogP contribution is -2.56. The maximum Gasteiger partial charge on any atom is 0.310 e. The molecule has 4 nitrogen and oxygen atoms in total. The topological polar surface area (TPSA) is 69.4 Å². The first-order valence-electron chi connectivity index (χ1n) is 8.79. The number of carbonyl (C=O) groups excluding carboxylic acids is 2. The predicted octanol–water partition coefficient (Wildman–Crippen LogP) is 3.28. The van der Waals surface area contributed by atoms with Crippen molar-refractivity contribution in [2.75, 3.05) is 0 Å².